The van der Waals surface area contributed by atoms with Crippen LogP contribution in [-0.4, -0.2) is 83.5 Å². The van der Waals surface area contributed by atoms with Gasteiger partial charge in [-0.25, -0.2) is 4.98 Å². The molecule has 3 rings (SSSR count). The summed E-state index contributed by atoms with van der Waals surface area (Å²) in [5.41, 5.74) is 0.732. The number of nitrogens with zero attached hydrogens (tertiary/aromatic N) is 4. The number of aromatic nitrogens is 2. The van der Waals surface area contributed by atoms with Crippen molar-refractivity contribution in [2.24, 2.45) is 0 Å². The average Bonchev–Trinajstić information content (AvgIpc) is 3.10. The number of piperazine rings is 1. The standard InChI is InChI=1S/C23H36N6O3S/c1-4-27-11-13-28(14-12-27)10-6-9-24-19(30)7-5-8-25-20(31)15-29-16-26-22-21(23(29)32)17(2)18(3)33-22/h16H,4-15H2,1-3H3,(H,24,30)(H,25,31). The Hall–Kier alpha value is -2.30. The first-order valence-corrected chi connectivity index (χ1v) is 12.6. The summed E-state index contributed by atoms with van der Waals surface area (Å²) >= 11 is 1.49. The van der Waals surface area contributed by atoms with Crippen LogP contribution in [0.3, 0.4) is 0 Å². The van der Waals surface area contributed by atoms with E-state index in [2.05, 4.69) is 32.3 Å². The molecular weight excluding hydrogens is 440 g/mol. The summed E-state index contributed by atoms with van der Waals surface area (Å²) in [6.07, 6.45) is 3.31. The number of nitrogens with one attached hydrogen (secondary N) is 2. The molecule has 0 saturated carbocycles. The first-order chi connectivity index (χ1) is 15.9. The van der Waals surface area contributed by atoms with Gasteiger partial charge in [-0.05, 0) is 45.3 Å². The molecule has 10 heteroatoms. The lowest BCUT2D eigenvalue weighted by atomic mass is 10.2. The minimum atomic E-state index is -0.258. The van der Waals surface area contributed by atoms with Crippen molar-refractivity contribution in [3.63, 3.8) is 0 Å². The highest BCUT2D eigenvalue weighted by Crippen LogP contribution is 2.25. The Morgan fingerprint density at radius 2 is 1.70 bits per heavy atom. The van der Waals surface area contributed by atoms with Gasteiger partial charge in [-0.1, -0.05) is 6.92 Å². The van der Waals surface area contributed by atoms with Crippen LogP contribution in [0, 0.1) is 13.8 Å². The number of fused-ring (bicyclic) bond motifs is 1. The molecule has 0 aliphatic carbocycles. The number of amides is 2. The SMILES string of the molecule is CCN1CCN(CCCNC(=O)CCCNC(=O)Cn2cnc3sc(C)c(C)c3c2=O)CC1. The minimum Gasteiger partial charge on any atom is -0.356 e. The van der Waals surface area contributed by atoms with E-state index in [0.717, 1.165) is 56.1 Å². The van der Waals surface area contributed by atoms with Gasteiger partial charge >= 0.3 is 0 Å². The summed E-state index contributed by atoms with van der Waals surface area (Å²) in [6, 6.07) is 0. The summed E-state index contributed by atoms with van der Waals surface area (Å²) < 4.78 is 1.34. The molecule has 1 saturated heterocycles. The minimum absolute atomic E-state index is 0.00854. The number of aryl methyl sites for hydroxylation is 2. The van der Waals surface area contributed by atoms with Gasteiger partial charge in [0.2, 0.25) is 11.8 Å². The number of carbonyl (C=O) groups is 2. The smallest absolute Gasteiger partial charge is 0.262 e. The van der Waals surface area contributed by atoms with Gasteiger partial charge in [-0.2, -0.15) is 0 Å². The molecule has 1 aliphatic heterocycles. The van der Waals surface area contributed by atoms with Crippen molar-refractivity contribution in [2.45, 2.75) is 46.6 Å². The van der Waals surface area contributed by atoms with Crippen molar-refractivity contribution >= 4 is 33.4 Å². The number of rotatable bonds is 11. The Balaban J connectivity index is 1.28. The molecule has 1 aliphatic rings. The first-order valence-electron chi connectivity index (χ1n) is 11.8. The molecule has 0 atom stereocenters. The lowest BCUT2D eigenvalue weighted by molar-refractivity contribution is -0.123. The first kappa shape index (κ1) is 25.3. The molecule has 2 aromatic rings. The van der Waals surface area contributed by atoms with Gasteiger partial charge in [-0.3, -0.25) is 19.0 Å². The number of likely N-dealkylation sites (N-methyl/N-ethyl adjacent to an activating group) is 1. The van der Waals surface area contributed by atoms with Crippen LogP contribution in [0.2, 0.25) is 0 Å². The summed E-state index contributed by atoms with van der Waals surface area (Å²) in [7, 11) is 0. The molecular formula is C23H36N6O3S. The molecule has 0 unspecified atom stereocenters. The van der Waals surface area contributed by atoms with Gasteiger partial charge in [-0.15, -0.1) is 11.3 Å². The van der Waals surface area contributed by atoms with Crippen LogP contribution in [0.4, 0.5) is 0 Å². The Kier molecular flexibility index (Phi) is 9.40. The van der Waals surface area contributed by atoms with Crippen molar-refractivity contribution in [1.82, 2.24) is 30.0 Å². The van der Waals surface area contributed by atoms with Crippen LogP contribution in [0.15, 0.2) is 11.1 Å². The largest absolute Gasteiger partial charge is 0.356 e. The van der Waals surface area contributed by atoms with Gasteiger partial charge in [0.1, 0.15) is 11.4 Å². The topological polar surface area (TPSA) is 99.6 Å². The zero-order valence-electron chi connectivity index (χ0n) is 20.0. The lowest BCUT2D eigenvalue weighted by Gasteiger charge is -2.33. The van der Waals surface area contributed by atoms with E-state index in [4.69, 9.17) is 0 Å². The van der Waals surface area contributed by atoms with E-state index < -0.39 is 0 Å². The van der Waals surface area contributed by atoms with Crippen molar-refractivity contribution in [1.29, 1.82) is 0 Å². The maximum absolute atomic E-state index is 12.7. The molecule has 1 fully saturated rings. The lowest BCUT2D eigenvalue weighted by Crippen LogP contribution is -2.46. The van der Waals surface area contributed by atoms with Crippen molar-refractivity contribution in [2.75, 3.05) is 52.4 Å². The van der Waals surface area contributed by atoms with Gasteiger partial charge in [0.15, 0.2) is 0 Å². The van der Waals surface area contributed by atoms with Crippen LogP contribution < -0.4 is 16.2 Å². The maximum Gasteiger partial charge on any atom is 0.262 e. The average molecular weight is 477 g/mol. The summed E-state index contributed by atoms with van der Waals surface area (Å²) in [6.45, 7) is 13.6. The van der Waals surface area contributed by atoms with E-state index in [9.17, 15) is 14.4 Å². The molecule has 0 bridgehead atoms. The predicted octanol–water partition coefficient (Wildman–Crippen LogP) is 1.12. The molecule has 33 heavy (non-hydrogen) atoms. The molecule has 0 spiro atoms. The Labute approximate surface area is 199 Å². The molecule has 2 N–H and O–H groups in total. The van der Waals surface area contributed by atoms with E-state index in [0.29, 0.717) is 36.1 Å². The maximum atomic E-state index is 12.7. The van der Waals surface area contributed by atoms with Gasteiger partial charge in [0.05, 0.1) is 11.7 Å². The normalized spacial score (nSPS) is 15.1. The van der Waals surface area contributed by atoms with Crippen molar-refractivity contribution in [3.05, 3.63) is 27.1 Å². The third-order valence-electron chi connectivity index (χ3n) is 6.26. The predicted molar refractivity (Wildman–Crippen MR) is 132 cm³/mol. The summed E-state index contributed by atoms with van der Waals surface area (Å²) in [5.74, 6) is -0.249. The Morgan fingerprint density at radius 1 is 1.03 bits per heavy atom. The van der Waals surface area contributed by atoms with Crippen molar-refractivity contribution in [3.8, 4) is 0 Å². The Morgan fingerprint density at radius 3 is 2.42 bits per heavy atom. The number of hydrogen-bond donors (Lipinski definition) is 2. The van der Waals surface area contributed by atoms with Crippen LogP contribution in [-0.2, 0) is 16.1 Å². The second-order valence-electron chi connectivity index (χ2n) is 8.57. The molecule has 182 valence electrons. The van der Waals surface area contributed by atoms with Gasteiger partial charge in [0.25, 0.3) is 5.56 Å². The van der Waals surface area contributed by atoms with Crippen LogP contribution >= 0.6 is 11.3 Å². The molecule has 0 radical (unpaired) electrons. The van der Waals surface area contributed by atoms with Crippen molar-refractivity contribution < 1.29 is 9.59 Å². The summed E-state index contributed by atoms with van der Waals surface area (Å²) in [4.78, 5) is 47.9. The molecule has 2 amide bonds. The Bertz CT molecular complexity index is 1010. The highest BCUT2D eigenvalue weighted by Gasteiger charge is 2.15. The fourth-order valence-electron chi connectivity index (χ4n) is 4.02. The quantitative estimate of drug-likeness (QED) is 0.472. The van der Waals surface area contributed by atoms with Gasteiger partial charge < -0.3 is 20.4 Å². The number of carbonyl (C=O) groups excluding carboxylic acids is 2. The van der Waals surface area contributed by atoms with E-state index in [1.54, 1.807) is 0 Å². The zero-order chi connectivity index (χ0) is 23.8. The number of thiophene rings is 1. The van der Waals surface area contributed by atoms with Crippen LogP contribution in [0.1, 0.15) is 36.6 Å². The third kappa shape index (κ3) is 7.09. The second kappa shape index (κ2) is 12.2. The highest BCUT2D eigenvalue weighted by molar-refractivity contribution is 7.18. The number of hydrogen-bond acceptors (Lipinski definition) is 7. The van der Waals surface area contributed by atoms with Gasteiger partial charge in [0, 0.05) is 50.6 Å². The molecule has 0 aromatic carbocycles. The second-order valence-corrected chi connectivity index (χ2v) is 9.78. The monoisotopic (exact) mass is 476 g/mol. The van der Waals surface area contributed by atoms with Crippen LogP contribution in [0.25, 0.3) is 10.2 Å². The zero-order valence-corrected chi connectivity index (χ0v) is 20.8. The highest BCUT2D eigenvalue weighted by atomic mass is 32.1. The van der Waals surface area contributed by atoms with Crippen LogP contribution in [0.5, 0.6) is 0 Å². The van der Waals surface area contributed by atoms with E-state index in [-0.39, 0.29) is 23.9 Å². The molecule has 2 aromatic heterocycles. The fraction of sp³-hybridized carbons (Fsp3) is 0.652. The fourth-order valence-corrected chi connectivity index (χ4v) is 5.01. The van der Waals surface area contributed by atoms with E-state index in [1.165, 1.54) is 22.2 Å². The summed E-state index contributed by atoms with van der Waals surface area (Å²) in [5, 5.41) is 6.34. The van der Waals surface area contributed by atoms with E-state index >= 15 is 0 Å². The third-order valence-corrected chi connectivity index (χ3v) is 7.37. The molecule has 9 nitrogen and oxygen atoms in total. The van der Waals surface area contributed by atoms with E-state index in [1.807, 2.05) is 13.8 Å². The molecule has 3 heterocycles.